The largest absolute Gasteiger partial charge is 0.435 e. The zero-order valence-electron chi connectivity index (χ0n) is 14.3. The predicted octanol–water partition coefficient (Wildman–Crippen LogP) is 4.32. The van der Waals surface area contributed by atoms with Crippen molar-refractivity contribution in [1.29, 1.82) is 0 Å². The number of carbonyl (C=O) groups is 1. The molecule has 1 aromatic heterocycles. The van der Waals surface area contributed by atoms with E-state index in [1.54, 1.807) is 23.9 Å². The second kappa shape index (κ2) is 7.73. The summed E-state index contributed by atoms with van der Waals surface area (Å²) in [5.74, 6) is 0.774. The first-order chi connectivity index (χ1) is 12.4. The van der Waals surface area contributed by atoms with Crippen LogP contribution in [0.1, 0.15) is 47.4 Å². The third-order valence-corrected chi connectivity index (χ3v) is 5.09. The van der Waals surface area contributed by atoms with Crippen LogP contribution in [0.3, 0.4) is 0 Å². The van der Waals surface area contributed by atoms with Gasteiger partial charge in [0.05, 0.1) is 12.1 Å². The van der Waals surface area contributed by atoms with Crippen molar-refractivity contribution in [3.63, 3.8) is 0 Å². The minimum absolute atomic E-state index is 0.149. The fraction of sp³-hybridized carbons (Fsp3) is 0.444. The summed E-state index contributed by atoms with van der Waals surface area (Å²) in [6.45, 7) is 2.45. The van der Waals surface area contributed by atoms with Gasteiger partial charge in [0.15, 0.2) is 5.69 Å². The fourth-order valence-electron chi connectivity index (χ4n) is 2.76. The van der Waals surface area contributed by atoms with Crippen molar-refractivity contribution in [2.45, 2.75) is 43.3 Å². The third-order valence-electron chi connectivity index (χ3n) is 4.14. The molecular formula is C18H20F3N3OS. The van der Waals surface area contributed by atoms with Crippen molar-refractivity contribution >= 4 is 17.7 Å². The molecule has 140 valence electrons. The van der Waals surface area contributed by atoms with E-state index >= 15 is 0 Å². The van der Waals surface area contributed by atoms with Crippen LogP contribution in [-0.2, 0) is 12.7 Å². The molecule has 26 heavy (non-hydrogen) atoms. The number of hydrogen-bond acceptors (Lipinski definition) is 3. The number of nitrogens with one attached hydrogen (secondary N) is 1. The van der Waals surface area contributed by atoms with Gasteiger partial charge in [0.25, 0.3) is 5.91 Å². The van der Waals surface area contributed by atoms with E-state index in [1.165, 1.54) is 4.68 Å². The van der Waals surface area contributed by atoms with Crippen LogP contribution < -0.4 is 5.32 Å². The number of carbonyl (C=O) groups excluding carboxylic acids is 1. The quantitative estimate of drug-likeness (QED) is 0.725. The molecule has 4 nitrogen and oxygen atoms in total. The summed E-state index contributed by atoms with van der Waals surface area (Å²) in [6.07, 6.45) is -2.68. The van der Waals surface area contributed by atoms with Gasteiger partial charge in [-0.1, -0.05) is 19.1 Å². The van der Waals surface area contributed by atoms with E-state index in [2.05, 4.69) is 10.4 Å². The van der Waals surface area contributed by atoms with Crippen LogP contribution in [0.5, 0.6) is 0 Å². The Morgan fingerprint density at radius 3 is 2.73 bits per heavy atom. The first kappa shape index (κ1) is 18.8. The monoisotopic (exact) mass is 383 g/mol. The molecule has 1 fully saturated rings. The maximum Gasteiger partial charge on any atom is 0.435 e. The summed E-state index contributed by atoms with van der Waals surface area (Å²) in [7, 11) is 0. The van der Waals surface area contributed by atoms with Gasteiger partial charge in [-0.25, -0.2) is 0 Å². The Bertz CT molecular complexity index is 784. The Balaban J connectivity index is 1.65. The minimum Gasteiger partial charge on any atom is -0.350 e. The van der Waals surface area contributed by atoms with Gasteiger partial charge in [-0.15, -0.1) is 11.8 Å². The fourth-order valence-corrected chi connectivity index (χ4v) is 3.56. The molecule has 1 saturated carbocycles. The Morgan fingerprint density at radius 2 is 2.08 bits per heavy atom. The molecule has 0 bridgehead atoms. The standard InChI is InChI=1S/C18H20F3N3OS/c1-2-26-15-6-4-3-5-13(15)17(25)22-9-10-24-14(12-7-8-12)11-16(23-24)18(19,20)21/h3-6,11-12H,2,7-10H2,1H3,(H,22,25). The smallest absolute Gasteiger partial charge is 0.350 e. The highest BCUT2D eigenvalue weighted by atomic mass is 32.2. The lowest BCUT2D eigenvalue weighted by atomic mass is 10.2. The number of amides is 1. The molecule has 1 amide bonds. The van der Waals surface area contributed by atoms with Gasteiger partial charge in [0, 0.05) is 23.1 Å². The van der Waals surface area contributed by atoms with Crippen LogP contribution in [0, 0.1) is 0 Å². The van der Waals surface area contributed by atoms with Gasteiger partial charge >= 0.3 is 6.18 Å². The van der Waals surface area contributed by atoms with Crippen molar-refractivity contribution in [3.05, 3.63) is 47.3 Å². The molecule has 1 aliphatic carbocycles. The van der Waals surface area contributed by atoms with E-state index in [9.17, 15) is 18.0 Å². The molecule has 1 aliphatic rings. The Labute approximate surface area is 154 Å². The summed E-state index contributed by atoms with van der Waals surface area (Å²) in [5.41, 5.74) is 0.321. The maximum atomic E-state index is 12.9. The second-order valence-electron chi connectivity index (χ2n) is 6.13. The van der Waals surface area contributed by atoms with Crippen LogP contribution in [0.4, 0.5) is 13.2 Å². The van der Waals surface area contributed by atoms with Gasteiger partial charge in [-0.05, 0) is 36.8 Å². The van der Waals surface area contributed by atoms with Crippen LogP contribution in [0.25, 0.3) is 0 Å². The van der Waals surface area contributed by atoms with Crippen LogP contribution in [0.15, 0.2) is 35.2 Å². The van der Waals surface area contributed by atoms with E-state index in [0.29, 0.717) is 11.3 Å². The molecule has 0 spiro atoms. The molecule has 1 heterocycles. The highest BCUT2D eigenvalue weighted by Crippen LogP contribution is 2.42. The van der Waals surface area contributed by atoms with Gasteiger partial charge in [0.1, 0.15) is 0 Å². The van der Waals surface area contributed by atoms with Crippen LogP contribution >= 0.6 is 11.8 Å². The molecule has 3 rings (SSSR count). The topological polar surface area (TPSA) is 46.9 Å². The van der Waals surface area contributed by atoms with Gasteiger partial charge in [-0.3, -0.25) is 9.48 Å². The molecule has 1 N–H and O–H groups in total. The molecular weight excluding hydrogens is 363 g/mol. The zero-order chi connectivity index (χ0) is 18.7. The average molecular weight is 383 g/mol. The van der Waals surface area contributed by atoms with Crippen LogP contribution in [0.2, 0.25) is 0 Å². The molecule has 1 aromatic carbocycles. The van der Waals surface area contributed by atoms with Crippen molar-refractivity contribution in [2.24, 2.45) is 0 Å². The summed E-state index contributed by atoms with van der Waals surface area (Å²) in [4.78, 5) is 13.3. The van der Waals surface area contributed by atoms with E-state index < -0.39 is 11.9 Å². The Hall–Kier alpha value is -1.96. The van der Waals surface area contributed by atoms with Crippen molar-refractivity contribution in [3.8, 4) is 0 Å². The highest BCUT2D eigenvalue weighted by Gasteiger charge is 2.37. The van der Waals surface area contributed by atoms with E-state index in [1.807, 2.05) is 19.1 Å². The molecule has 0 radical (unpaired) electrons. The summed E-state index contributed by atoms with van der Waals surface area (Å²) in [5, 5.41) is 6.48. The molecule has 8 heteroatoms. The number of nitrogens with zero attached hydrogens (tertiary/aromatic N) is 2. The Morgan fingerprint density at radius 1 is 1.35 bits per heavy atom. The zero-order valence-corrected chi connectivity index (χ0v) is 15.2. The summed E-state index contributed by atoms with van der Waals surface area (Å²) < 4.78 is 40.1. The predicted molar refractivity (Wildman–Crippen MR) is 94.4 cm³/mol. The third kappa shape index (κ3) is 4.41. The number of rotatable bonds is 7. The van der Waals surface area contributed by atoms with Crippen molar-refractivity contribution in [2.75, 3.05) is 12.3 Å². The van der Waals surface area contributed by atoms with E-state index in [0.717, 1.165) is 29.6 Å². The molecule has 2 aromatic rings. The summed E-state index contributed by atoms with van der Waals surface area (Å²) >= 11 is 1.58. The van der Waals surface area contributed by atoms with E-state index in [-0.39, 0.29) is 24.9 Å². The maximum absolute atomic E-state index is 12.9. The van der Waals surface area contributed by atoms with Crippen molar-refractivity contribution < 1.29 is 18.0 Å². The lowest BCUT2D eigenvalue weighted by Crippen LogP contribution is -2.28. The van der Waals surface area contributed by atoms with E-state index in [4.69, 9.17) is 0 Å². The normalized spacial score (nSPS) is 14.5. The highest BCUT2D eigenvalue weighted by molar-refractivity contribution is 7.99. The lowest BCUT2D eigenvalue weighted by molar-refractivity contribution is -0.141. The number of aromatic nitrogens is 2. The average Bonchev–Trinajstić information content (AvgIpc) is 3.34. The SMILES string of the molecule is CCSc1ccccc1C(=O)NCCn1nc(C(F)(F)F)cc1C1CC1. The van der Waals surface area contributed by atoms with Gasteiger partial charge < -0.3 is 5.32 Å². The minimum atomic E-state index is -4.45. The van der Waals surface area contributed by atoms with Gasteiger partial charge in [-0.2, -0.15) is 18.3 Å². The molecule has 0 unspecified atom stereocenters. The lowest BCUT2D eigenvalue weighted by Gasteiger charge is -2.10. The first-order valence-corrected chi connectivity index (χ1v) is 9.53. The van der Waals surface area contributed by atoms with Crippen LogP contribution in [-0.4, -0.2) is 28.0 Å². The number of alkyl halides is 3. The number of benzene rings is 1. The number of hydrogen-bond donors (Lipinski definition) is 1. The second-order valence-corrected chi connectivity index (χ2v) is 7.44. The number of thioether (sulfide) groups is 1. The molecule has 0 atom stereocenters. The molecule has 0 saturated heterocycles. The Kier molecular flexibility index (Phi) is 5.60. The number of halogens is 3. The first-order valence-electron chi connectivity index (χ1n) is 8.55. The van der Waals surface area contributed by atoms with Crippen molar-refractivity contribution in [1.82, 2.24) is 15.1 Å². The summed E-state index contributed by atoms with van der Waals surface area (Å²) in [6, 6.07) is 8.44. The molecule has 0 aliphatic heterocycles. The van der Waals surface area contributed by atoms with Gasteiger partial charge in [0.2, 0.25) is 0 Å².